The Kier molecular flexibility index (Phi) is 5.25. The summed E-state index contributed by atoms with van der Waals surface area (Å²) in [4.78, 5) is 12.9. The van der Waals surface area contributed by atoms with Crippen molar-refractivity contribution in [3.63, 3.8) is 0 Å². The van der Waals surface area contributed by atoms with Crippen molar-refractivity contribution in [2.45, 2.75) is 32.6 Å². The van der Waals surface area contributed by atoms with E-state index in [0.29, 0.717) is 15.0 Å². The van der Waals surface area contributed by atoms with E-state index in [1.807, 2.05) is 24.3 Å². The van der Waals surface area contributed by atoms with Crippen molar-refractivity contribution in [3.05, 3.63) is 39.2 Å². The van der Waals surface area contributed by atoms with Gasteiger partial charge in [-0.15, -0.1) is 21.5 Å². The van der Waals surface area contributed by atoms with Crippen LogP contribution in [-0.4, -0.2) is 16.1 Å². The Morgan fingerprint density at radius 1 is 1.22 bits per heavy atom. The van der Waals surface area contributed by atoms with E-state index in [-0.39, 0.29) is 5.91 Å². The average molecular weight is 366 g/mol. The molecule has 0 aliphatic rings. The number of amides is 1. The number of hydrogen-bond acceptors (Lipinski definition) is 5. The lowest BCUT2D eigenvalue weighted by molar-refractivity contribution is 0.103. The number of nitrogens with zero attached hydrogens (tertiary/aromatic N) is 2. The van der Waals surface area contributed by atoms with Crippen LogP contribution in [0.5, 0.6) is 0 Å². The summed E-state index contributed by atoms with van der Waals surface area (Å²) in [6.45, 7) is 2.17. The smallest absolute Gasteiger partial charge is 0.269 e. The molecule has 0 aliphatic carbocycles. The molecular formula is C16H16ClN3OS2. The first-order chi connectivity index (χ1) is 11.2. The average Bonchev–Trinajstić information content (AvgIpc) is 3.13. The normalized spacial score (nSPS) is 11.0. The van der Waals surface area contributed by atoms with E-state index < -0.39 is 0 Å². The maximum Gasteiger partial charge on any atom is 0.269 e. The van der Waals surface area contributed by atoms with Crippen LogP contribution in [0.25, 0.3) is 10.1 Å². The Balaban J connectivity index is 1.72. The number of benzene rings is 1. The fraction of sp³-hybridized carbons (Fsp3) is 0.312. The van der Waals surface area contributed by atoms with E-state index in [0.717, 1.165) is 27.9 Å². The lowest BCUT2D eigenvalue weighted by atomic mass is 10.2. The van der Waals surface area contributed by atoms with Gasteiger partial charge in [-0.1, -0.05) is 60.9 Å². The van der Waals surface area contributed by atoms with Crippen molar-refractivity contribution < 1.29 is 4.79 Å². The molecule has 2 aromatic heterocycles. The summed E-state index contributed by atoms with van der Waals surface area (Å²) in [7, 11) is 0. The molecule has 3 rings (SSSR count). The molecule has 1 N–H and O–H groups in total. The number of rotatable bonds is 6. The molecule has 7 heteroatoms. The van der Waals surface area contributed by atoms with Gasteiger partial charge in [0.2, 0.25) is 5.13 Å². The van der Waals surface area contributed by atoms with Gasteiger partial charge in [0.05, 0.1) is 5.02 Å². The Morgan fingerprint density at radius 3 is 2.83 bits per heavy atom. The van der Waals surface area contributed by atoms with Gasteiger partial charge >= 0.3 is 0 Å². The quantitative estimate of drug-likeness (QED) is 0.595. The van der Waals surface area contributed by atoms with E-state index in [2.05, 4.69) is 22.4 Å². The van der Waals surface area contributed by atoms with Crippen LogP contribution in [0, 0.1) is 0 Å². The molecule has 3 aromatic rings. The molecule has 0 bridgehead atoms. The van der Waals surface area contributed by atoms with Gasteiger partial charge < -0.3 is 0 Å². The standard InChI is InChI=1S/C16H16ClN3OS2/c1-2-3-4-9-12-19-20-16(23-12)18-15(21)14-13(17)10-7-5-6-8-11(10)22-14/h5-8H,2-4,9H2,1H3,(H,18,20,21). The molecule has 0 atom stereocenters. The highest BCUT2D eigenvalue weighted by atomic mass is 35.5. The van der Waals surface area contributed by atoms with Crippen LogP contribution in [0.3, 0.4) is 0 Å². The van der Waals surface area contributed by atoms with E-state index in [1.165, 1.54) is 35.5 Å². The topological polar surface area (TPSA) is 54.9 Å². The molecule has 23 heavy (non-hydrogen) atoms. The first-order valence-corrected chi connectivity index (χ1v) is 9.51. The summed E-state index contributed by atoms with van der Waals surface area (Å²) in [6.07, 6.45) is 4.36. The van der Waals surface area contributed by atoms with Crippen LogP contribution in [-0.2, 0) is 6.42 Å². The Bertz CT molecular complexity index is 828. The zero-order valence-electron chi connectivity index (χ0n) is 12.6. The number of thiophene rings is 1. The molecule has 0 saturated carbocycles. The highest BCUT2D eigenvalue weighted by Crippen LogP contribution is 2.35. The number of carbonyl (C=O) groups excluding carboxylic acids is 1. The monoisotopic (exact) mass is 365 g/mol. The molecular weight excluding hydrogens is 350 g/mol. The maximum absolute atomic E-state index is 12.4. The Hall–Kier alpha value is -1.50. The van der Waals surface area contributed by atoms with Gasteiger partial charge in [-0.25, -0.2) is 0 Å². The first-order valence-electron chi connectivity index (χ1n) is 7.49. The Labute approximate surface area is 147 Å². The minimum atomic E-state index is -0.229. The van der Waals surface area contributed by atoms with Crippen LogP contribution in [0.2, 0.25) is 5.02 Å². The second kappa shape index (κ2) is 7.38. The van der Waals surface area contributed by atoms with Gasteiger partial charge in [-0.2, -0.15) is 0 Å². The number of fused-ring (bicyclic) bond motifs is 1. The van der Waals surface area contributed by atoms with Crippen LogP contribution in [0.4, 0.5) is 5.13 Å². The molecule has 2 heterocycles. The molecule has 0 unspecified atom stereocenters. The van der Waals surface area contributed by atoms with Gasteiger partial charge in [0.25, 0.3) is 5.91 Å². The zero-order chi connectivity index (χ0) is 16.2. The van der Waals surface area contributed by atoms with Crippen molar-refractivity contribution in [3.8, 4) is 0 Å². The fourth-order valence-electron chi connectivity index (χ4n) is 2.25. The second-order valence-electron chi connectivity index (χ2n) is 5.15. The lowest BCUT2D eigenvalue weighted by Gasteiger charge is -1.98. The number of anilines is 1. The van der Waals surface area contributed by atoms with Crippen molar-refractivity contribution >= 4 is 55.4 Å². The number of hydrogen-bond donors (Lipinski definition) is 1. The number of aromatic nitrogens is 2. The van der Waals surface area contributed by atoms with Crippen molar-refractivity contribution in [2.75, 3.05) is 5.32 Å². The second-order valence-corrected chi connectivity index (χ2v) is 7.65. The van der Waals surface area contributed by atoms with Crippen LogP contribution >= 0.6 is 34.3 Å². The lowest BCUT2D eigenvalue weighted by Crippen LogP contribution is -2.10. The van der Waals surface area contributed by atoms with Gasteiger partial charge in [0.1, 0.15) is 9.88 Å². The number of nitrogens with one attached hydrogen (secondary N) is 1. The van der Waals surface area contributed by atoms with Gasteiger partial charge in [0, 0.05) is 16.5 Å². The van der Waals surface area contributed by atoms with E-state index in [1.54, 1.807) is 0 Å². The number of carbonyl (C=O) groups is 1. The third-order valence-electron chi connectivity index (χ3n) is 3.42. The van der Waals surface area contributed by atoms with Gasteiger partial charge in [0.15, 0.2) is 0 Å². The van der Waals surface area contributed by atoms with E-state index >= 15 is 0 Å². The predicted octanol–water partition coefficient (Wildman–Crippen LogP) is 5.39. The molecule has 0 spiro atoms. The number of aryl methyl sites for hydroxylation is 1. The molecule has 120 valence electrons. The van der Waals surface area contributed by atoms with E-state index in [4.69, 9.17) is 11.6 Å². The molecule has 1 aromatic carbocycles. The number of unbranched alkanes of at least 4 members (excludes halogenated alkanes) is 2. The van der Waals surface area contributed by atoms with Crippen LogP contribution in [0.15, 0.2) is 24.3 Å². The summed E-state index contributed by atoms with van der Waals surface area (Å²) in [5.74, 6) is -0.229. The SMILES string of the molecule is CCCCCc1nnc(NC(=O)c2sc3ccccc3c2Cl)s1. The molecule has 1 amide bonds. The third-order valence-corrected chi connectivity index (χ3v) is 6.00. The summed E-state index contributed by atoms with van der Waals surface area (Å²) in [6, 6.07) is 7.72. The minimum Gasteiger partial charge on any atom is -0.296 e. The summed E-state index contributed by atoms with van der Waals surface area (Å²) in [5.41, 5.74) is 0. The number of halogens is 1. The molecule has 0 aliphatic heterocycles. The van der Waals surface area contributed by atoms with Crippen molar-refractivity contribution in [1.29, 1.82) is 0 Å². The summed E-state index contributed by atoms with van der Waals surface area (Å²) in [5, 5.41) is 13.8. The van der Waals surface area contributed by atoms with Crippen molar-refractivity contribution in [1.82, 2.24) is 10.2 Å². The fourth-order valence-corrected chi connectivity index (χ4v) is 4.43. The summed E-state index contributed by atoms with van der Waals surface area (Å²) >= 11 is 9.14. The molecule has 0 radical (unpaired) electrons. The zero-order valence-corrected chi connectivity index (χ0v) is 15.0. The maximum atomic E-state index is 12.4. The van der Waals surface area contributed by atoms with E-state index in [9.17, 15) is 4.79 Å². The van der Waals surface area contributed by atoms with Gasteiger partial charge in [-0.05, 0) is 12.5 Å². The third kappa shape index (κ3) is 3.71. The van der Waals surface area contributed by atoms with Crippen LogP contribution in [0.1, 0.15) is 40.9 Å². The molecule has 4 nitrogen and oxygen atoms in total. The summed E-state index contributed by atoms with van der Waals surface area (Å²) < 4.78 is 1.00. The molecule has 0 fully saturated rings. The Morgan fingerprint density at radius 2 is 2.04 bits per heavy atom. The highest BCUT2D eigenvalue weighted by Gasteiger charge is 2.18. The minimum absolute atomic E-state index is 0.229. The molecule has 0 saturated heterocycles. The largest absolute Gasteiger partial charge is 0.296 e. The first kappa shape index (κ1) is 16.4. The van der Waals surface area contributed by atoms with Gasteiger partial charge in [-0.3, -0.25) is 10.1 Å². The highest BCUT2D eigenvalue weighted by molar-refractivity contribution is 7.22. The van der Waals surface area contributed by atoms with Crippen LogP contribution < -0.4 is 5.32 Å². The predicted molar refractivity (Wildman–Crippen MR) is 97.9 cm³/mol. The van der Waals surface area contributed by atoms with Crippen molar-refractivity contribution in [2.24, 2.45) is 0 Å².